The summed E-state index contributed by atoms with van der Waals surface area (Å²) in [5.41, 5.74) is 0.280. The minimum Gasteiger partial charge on any atom is -0.481 e. The number of carboxylic acids is 1. The van der Waals surface area contributed by atoms with Crippen LogP contribution in [0.3, 0.4) is 0 Å². The van der Waals surface area contributed by atoms with Crippen LogP contribution in [0.5, 0.6) is 0 Å². The molecule has 0 atom stereocenters. The van der Waals surface area contributed by atoms with Crippen LogP contribution in [0.4, 0.5) is 4.39 Å². The molecule has 1 N–H and O–H groups in total. The van der Waals surface area contributed by atoms with E-state index in [0.717, 1.165) is 0 Å². The Morgan fingerprint density at radius 2 is 2.33 bits per heavy atom. The minimum atomic E-state index is -0.893. The molecule has 2 rings (SSSR count). The lowest BCUT2D eigenvalue weighted by Crippen LogP contribution is -2.04. The van der Waals surface area contributed by atoms with Gasteiger partial charge in [0.2, 0.25) is 0 Å². The van der Waals surface area contributed by atoms with E-state index in [1.165, 1.54) is 10.7 Å². The van der Waals surface area contributed by atoms with Gasteiger partial charge in [0, 0.05) is 11.6 Å². The van der Waals surface area contributed by atoms with Crippen molar-refractivity contribution in [2.45, 2.75) is 13.0 Å². The summed E-state index contributed by atoms with van der Waals surface area (Å²) in [5.74, 6) is -1.28. The van der Waals surface area contributed by atoms with Gasteiger partial charge in [-0.05, 0) is 6.07 Å². The Kier molecular flexibility index (Phi) is 2.37. The highest BCUT2D eigenvalue weighted by Crippen LogP contribution is 2.15. The van der Waals surface area contributed by atoms with Gasteiger partial charge in [0.05, 0.1) is 13.0 Å². The van der Waals surface area contributed by atoms with Crippen molar-refractivity contribution in [3.8, 4) is 0 Å². The second kappa shape index (κ2) is 3.68. The molecule has 0 saturated carbocycles. The van der Waals surface area contributed by atoms with Gasteiger partial charge in [-0.15, -0.1) is 0 Å². The smallest absolute Gasteiger partial charge is 0.305 e. The number of aryl methyl sites for hydroxylation is 1. The molecule has 1 aromatic carbocycles. The van der Waals surface area contributed by atoms with Crippen molar-refractivity contribution in [1.82, 2.24) is 9.78 Å². The van der Waals surface area contributed by atoms with Crippen LogP contribution in [0.1, 0.15) is 6.42 Å². The third-order valence-corrected chi connectivity index (χ3v) is 2.09. The van der Waals surface area contributed by atoms with Crippen molar-refractivity contribution in [1.29, 1.82) is 0 Å². The lowest BCUT2D eigenvalue weighted by molar-refractivity contribution is -0.137. The molecule has 0 bridgehead atoms. The molecule has 2 aromatic rings. The Bertz CT molecular complexity index is 507. The summed E-state index contributed by atoms with van der Waals surface area (Å²) >= 11 is 0. The Balaban J connectivity index is 2.31. The van der Waals surface area contributed by atoms with Crippen LogP contribution < -0.4 is 0 Å². The molecule has 0 aliphatic rings. The maximum absolute atomic E-state index is 13.2. The van der Waals surface area contributed by atoms with Crippen molar-refractivity contribution < 1.29 is 14.3 Å². The molecular formula is C10H9FN2O2. The number of hydrogen-bond acceptors (Lipinski definition) is 2. The number of carboxylic acid groups (broad SMARTS) is 1. The quantitative estimate of drug-likeness (QED) is 0.834. The van der Waals surface area contributed by atoms with Gasteiger partial charge < -0.3 is 5.11 Å². The molecule has 0 aliphatic carbocycles. The van der Waals surface area contributed by atoms with Gasteiger partial charge in [0.1, 0.15) is 5.52 Å². The van der Waals surface area contributed by atoms with E-state index in [2.05, 4.69) is 5.10 Å². The maximum atomic E-state index is 13.2. The first kappa shape index (κ1) is 9.64. The highest BCUT2D eigenvalue weighted by atomic mass is 19.1. The van der Waals surface area contributed by atoms with Crippen molar-refractivity contribution in [3.63, 3.8) is 0 Å². The highest BCUT2D eigenvalue weighted by Gasteiger charge is 2.06. The summed E-state index contributed by atoms with van der Waals surface area (Å²) in [6.07, 6.45) is 1.62. The zero-order valence-corrected chi connectivity index (χ0v) is 7.85. The van der Waals surface area contributed by atoms with Crippen molar-refractivity contribution in [2.24, 2.45) is 0 Å². The fraction of sp³-hybridized carbons (Fsp3) is 0.200. The molecule has 0 unspecified atom stereocenters. The number of aromatic nitrogens is 2. The topological polar surface area (TPSA) is 55.1 Å². The number of rotatable bonds is 3. The minimum absolute atomic E-state index is 0.0182. The first-order valence-electron chi connectivity index (χ1n) is 4.50. The molecule has 0 amide bonds. The van der Waals surface area contributed by atoms with Gasteiger partial charge >= 0.3 is 5.97 Å². The van der Waals surface area contributed by atoms with Crippen LogP contribution in [0.25, 0.3) is 10.9 Å². The molecule has 0 radical (unpaired) electrons. The number of hydrogen-bond donors (Lipinski definition) is 1. The van der Waals surface area contributed by atoms with E-state index >= 15 is 0 Å². The molecule has 0 saturated heterocycles. The summed E-state index contributed by atoms with van der Waals surface area (Å²) in [5, 5.41) is 13.1. The van der Waals surface area contributed by atoms with Gasteiger partial charge in [0.15, 0.2) is 5.82 Å². The number of halogens is 1. The fourth-order valence-corrected chi connectivity index (χ4v) is 1.38. The van der Waals surface area contributed by atoms with E-state index in [1.54, 1.807) is 18.3 Å². The number of nitrogens with zero attached hydrogens (tertiary/aromatic N) is 2. The Morgan fingerprint density at radius 1 is 1.53 bits per heavy atom. The third kappa shape index (κ3) is 1.96. The van der Waals surface area contributed by atoms with E-state index in [-0.39, 0.29) is 24.3 Å². The first-order chi connectivity index (χ1) is 7.16. The molecule has 15 heavy (non-hydrogen) atoms. The maximum Gasteiger partial charge on any atom is 0.305 e. The first-order valence-corrected chi connectivity index (χ1v) is 4.50. The van der Waals surface area contributed by atoms with Crippen LogP contribution in [-0.2, 0) is 11.3 Å². The van der Waals surface area contributed by atoms with Crippen molar-refractivity contribution in [3.05, 3.63) is 30.2 Å². The second-order valence-electron chi connectivity index (χ2n) is 3.21. The van der Waals surface area contributed by atoms with E-state index in [0.29, 0.717) is 5.39 Å². The number of aliphatic carboxylic acids is 1. The number of benzene rings is 1. The predicted octanol–water partition coefficient (Wildman–Crippen LogP) is 1.65. The van der Waals surface area contributed by atoms with Crippen LogP contribution >= 0.6 is 0 Å². The summed E-state index contributed by atoms with van der Waals surface area (Å²) in [4.78, 5) is 10.3. The fourth-order valence-electron chi connectivity index (χ4n) is 1.38. The molecule has 78 valence electrons. The van der Waals surface area contributed by atoms with Crippen LogP contribution in [-0.4, -0.2) is 20.9 Å². The molecule has 5 heteroatoms. The zero-order valence-electron chi connectivity index (χ0n) is 7.85. The normalized spacial score (nSPS) is 10.7. The Labute approximate surface area is 84.9 Å². The SMILES string of the molecule is O=C(O)CCn1cc2cccc(F)c2n1. The lowest BCUT2D eigenvalue weighted by Gasteiger charge is -1.95. The summed E-state index contributed by atoms with van der Waals surface area (Å²) in [6, 6.07) is 4.67. The van der Waals surface area contributed by atoms with Gasteiger partial charge in [-0.3, -0.25) is 9.48 Å². The van der Waals surface area contributed by atoms with Crippen LogP contribution in [0, 0.1) is 5.82 Å². The summed E-state index contributed by atoms with van der Waals surface area (Å²) < 4.78 is 14.7. The van der Waals surface area contributed by atoms with Gasteiger partial charge in [-0.2, -0.15) is 5.10 Å². The third-order valence-electron chi connectivity index (χ3n) is 2.09. The summed E-state index contributed by atoms with van der Waals surface area (Å²) in [6.45, 7) is 0.253. The number of fused-ring (bicyclic) bond motifs is 1. The average Bonchev–Trinajstić information content (AvgIpc) is 2.59. The average molecular weight is 208 g/mol. The van der Waals surface area contributed by atoms with E-state index < -0.39 is 5.97 Å². The molecule has 4 nitrogen and oxygen atoms in total. The van der Waals surface area contributed by atoms with Gasteiger partial charge in [-0.25, -0.2) is 4.39 Å². The molecule has 1 heterocycles. The molecule has 0 spiro atoms. The Morgan fingerprint density at radius 3 is 3.00 bits per heavy atom. The lowest BCUT2D eigenvalue weighted by atomic mass is 10.2. The van der Waals surface area contributed by atoms with Gasteiger partial charge in [-0.1, -0.05) is 12.1 Å². The predicted molar refractivity (Wildman–Crippen MR) is 51.9 cm³/mol. The standard InChI is InChI=1S/C10H9FN2O2/c11-8-3-1-2-7-6-13(12-10(7)8)5-4-9(14)15/h1-3,6H,4-5H2,(H,14,15). The zero-order chi connectivity index (χ0) is 10.8. The van der Waals surface area contributed by atoms with Crippen LogP contribution in [0.15, 0.2) is 24.4 Å². The monoisotopic (exact) mass is 208 g/mol. The molecular weight excluding hydrogens is 199 g/mol. The molecule has 0 fully saturated rings. The largest absolute Gasteiger partial charge is 0.481 e. The van der Waals surface area contributed by atoms with E-state index in [9.17, 15) is 9.18 Å². The van der Waals surface area contributed by atoms with E-state index in [1.807, 2.05) is 0 Å². The molecule has 1 aromatic heterocycles. The van der Waals surface area contributed by atoms with Crippen LogP contribution in [0.2, 0.25) is 0 Å². The second-order valence-corrected chi connectivity index (χ2v) is 3.21. The van der Waals surface area contributed by atoms with Crippen molar-refractivity contribution in [2.75, 3.05) is 0 Å². The molecule has 0 aliphatic heterocycles. The van der Waals surface area contributed by atoms with E-state index in [4.69, 9.17) is 5.11 Å². The van der Waals surface area contributed by atoms with Gasteiger partial charge in [0.25, 0.3) is 0 Å². The highest BCUT2D eigenvalue weighted by molar-refractivity contribution is 5.78. The summed E-state index contributed by atoms with van der Waals surface area (Å²) in [7, 11) is 0. The Hall–Kier alpha value is -1.91. The number of carbonyl (C=O) groups is 1. The van der Waals surface area contributed by atoms with Crippen molar-refractivity contribution >= 4 is 16.9 Å².